The summed E-state index contributed by atoms with van der Waals surface area (Å²) in [6, 6.07) is 41.0. The Morgan fingerprint density at radius 1 is 0.510 bits per heavy atom. The SMILES string of the molecule is CCCCCCCCCCCCCCCCCC(=O)O[C@@H](COCc1ccccc1)COC(c1ccccc1)(c1ccccc1)c1ccccc1. The van der Waals surface area contributed by atoms with Crippen molar-refractivity contribution in [1.82, 2.24) is 0 Å². The highest BCUT2D eigenvalue weighted by Gasteiger charge is 2.38. The average molecular weight is 691 g/mol. The summed E-state index contributed by atoms with van der Waals surface area (Å²) in [5.74, 6) is -0.189. The highest BCUT2D eigenvalue weighted by molar-refractivity contribution is 5.69. The number of carbonyl (C=O) groups excluding carboxylic acids is 1. The summed E-state index contributed by atoms with van der Waals surface area (Å²) in [5.41, 5.74) is 3.21. The van der Waals surface area contributed by atoms with Crippen molar-refractivity contribution in [3.63, 3.8) is 0 Å². The van der Waals surface area contributed by atoms with E-state index in [1.54, 1.807) is 0 Å². The van der Waals surface area contributed by atoms with E-state index in [1.807, 2.05) is 84.9 Å². The van der Waals surface area contributed by atoms with E-state index < -0.39 is 11.7 Å². The number of benzene rings is 4. The summed E-state index contributed by atoms with van der Waals surface area (Å²) >= 11 is 0. The van der Waals surface area contributed by atoms with E-state index in [-0.39, 0.29) is 19.2 Å². The van der Waals surface area contributed by atoms with E-state index in [9.17, 15) is 4.79 Å². The molecule has 0 radical (unpaired) electrons. The molecule has 4 rings (SSSR count). The second-order valence-corrected chi connectivity index (χ2v) is 13.9. The fourth-order valence-corrected chi connectivity index (χ4v) is 6.87. The first-order valence-electron chi connectivity index (χ1n) is 19.8. The Labute approximate surface area is 308 Å². The van der Waals surface area contributed by atoms with Crippen LogP contribution in [0.25, 0.3) is 0 Å². The van der Waals surface area contributed by atoms with Crippen LogP contribution in [-0.2, 0) is 31.2 Å². The predicted molar refractivity (Wildman–Crippen MR) is 211 cm³/mol. The zero-order valence-electron chi connectivity index (χ0n) is 31.2. The van der Waals surface area contributed by atoms with Gasteiger partial charge in [0.05, 0.1) is 19.8 Å². The molecule has 0 aromatic heterocycles. The van der Waals surface area contributed by atoms with Gasteiger partial charge in [-0.05, 0) is 28.7 Å². The Bertz CT molecular complexity index is 1330. The van der Waals surface area contributed by atoms with Crippen LogP contribution in [-0.4, -0.2) is 25.3 Å². The molecule has 0 heterocycles. The topological polar surface area (TPSA) is 44.8 Å². The average Bonchev–Trinajstić information content (AvgIpc) is 3.18. The summed E-state index contributed by atoms with van der Waals surface area (Å²) < 4.78 is 19.3. The van der Waals surface area contributed by atoms with Gasteiger partial charge in [-0.3, -0.25) is 4.79 Å². The first-order chi connectivity index (χ1) is 25.2. The Morgan fingerprint density at radius 3 is 1.33 bits per heavy atom. The molecule has 0 bridgehead atoms. The lowest BCUT2D eigenvalue weighted by Gasteiger charge is -2.37. The van der Waals surface area contributed by atoms with Crippen molar-refractivity contribution >= 4 is 5.97 Å². The number of ether oxygens (including phenoxy) is 3. The van der Waals surface area contributed by atoms with Crippen LogP contribution in [0.4, 0.5) is 0 Å². The number of carbonyl (C=O) groups is 1. The minimum atomic E-state index is -0.901. The molecule has 0 N–H and O–H groups in total. The summed E-state index contributed by atoms with van der Waals surface area (Å²) in [4.78, 5) is 13.2. The standard InChI is InChI=1S/C47H62O4/c1-2-3-4-5-6-7-8-9-10-11-12-13-14-15-28-37-46(48)51-45(39-49-38-41-29-20-16-21-30-41)40-50-47(42-31-22-17-23-32-42,43-33-24-18-25-34-43)44-35-26-19-27-36-44/h16-27,29-36,45H,2-15,28,37-40H2,1H3/t45-/m0/s1. The van der Waals surface area contributed by atoms with E-state index in [1.165, 1.54) is 83.5 Å². The molecule has 0 saturated carbocycles. The molecule has 4 heteroatoms. The molecule has 1 atom stereocenters. The molecule has 51 heavy (non-hydrogen) atoms. The van der Waals surface area contributed by atoms with Crippen LogP contribution in [0.1, 0.15) is 132 Å². The minimum Gasteiger partial charge on any atom is -0.457 e. The molecule has 4 aromatic carbocycles. The molecule has 0 aliphatic heterocycles. The van der Waals surface area contributed by atoms with Crippen LogP contribution in [0.15, 0.2) is 121 Å². The normalized spacial score (nSPS) is 12.1. The molecule has 0 aliphatic rings. The third kappa shape index (κ3) is 14.4. The van der Waals surface area contributed by atoms with Gasteiger partial charge in [0.1, 0.15) is 11.7 Å². The lowest BCUT2D eigenvalue weighted by Crippen LogP contribution is -2.38. The first-order valence-corrected chi connectivity index (χ1v) is 19.8. The van der Waals surface area contributed by atoms with Crippen LogP contribution < -0.4 is 0 Å². The molecule has 0 spiro atoms. The summed E-state index contributed by atoms with van der Waals surface area (Å²) in [6.45, 7) is 3.14. The maximum atomic E-state index is 13.2. The lowest BCUT2D eigenvalue weighted by atomic mass is 9.80. The lowest BCUT2D eigenvalue weighted by molar-refractivity contribution is -0.160. The molecule has 0 saturated heterocycles. The van der Waals surface area contributed by atoms with Gasteiger partial charge in [0.25, 0.3) is 0 Å². The Kier molecular flexibility index (Phi) is 19.2. The van der Waals surface area contributed by atoms with Crippen molar-refractivity contribution in [2.75, 3.05) is 13.2 Å². The van der Waals surface area contributed by atoms with Gasteiger partial charge in [-0.25, -0.2) is 0 Å². The smallest absolute Gasteiger partial charge is 0.306 e. The van der Waals surface area contributed by atoms with Crippen LogP contribution in [0.3, 0.4) is 0 Å². The highest BCUT2D eigenvalue weighted by atomic mass is 16.6. The van der Waals surface area contributed by atoms with Crippen LogP contribution in [0.5, 0.6) is 0 Å². The summed E-state index contributed by atoms with van der Waals surface area (Å²) in [7, 11) is 0. The van der Waals surface area contributed by atoms with Gasteiger partial charge in [0, 0.05) is 6.42 Å². The molecule has 0 fully saturated rings. The summed E-state index contributed by atoms with van der Waals surface area (Å²) in [5, 5.41) is 0. The van der Waals surface area contributed by atoms with Gasteiger partial charge in [0.15, 0.2) is 0 Å². The van der Waals surface area contributed by atoms with Gasteiger partial charge in [-0.15, -0.1) is 0 Å². The second kappa shape index (κ2) is 24.5. The Balaban J connectivity index is 1.30. The van der Waals surface area contributed by atoms with E-state index >= 15 is 0 Å². The maximum absolute atomic E-state index is 13.2. The van der Waals surface area contributed by atoms with Crippen molar-refractivity contribution < 1.29 is 19.0 Å². The summed E-state index contributed by atoms with van der Waals surface area (Å²) in [6.07, 6.45) is 19.3. The first kappa shape index (κ1) is 40.0. The predicted octanol–water partition coefficient (Wildman–Crippen LogP) is 12.4. The van der Waals surface area contributed by atoms with Gasteiger partial charge in [-0.1, -0.05) is 218 Å². The van der Waals surface area contributed by atoms with Gasteiger partial charge in [-0.2, -0.15) is 0 Å². The molecule has 274 valence electrons. The molecule has 4 nitrogen and oxygen atoms in total. The zero-order valence-corrected chi connectivity index (χ0v) is 31.2. The largest absolute Gasteiger partial charge is 0.457 e. The van der Waals surface area contributed by atoms with Crippen LogP contribution >= 0.6 is 0 Å². The maximum Gasteiger partial charge on any atom is 0.306 e. The van der Waals surface area contributed by atoms with E-state index in [0.29, 0.717) is 13.0 Å². The molecule has 0 aliphatic carbocycles. The van der Waals surface area contributed by atoms with Crippen molar-refractivity contribution in [2.45, 2.75) is 128 Å². The number of esters is 1. The fraction of sp³-hybridized carbons (Fsp3) is 0.468. The monoisotopic (exact) mass is 690 g/mol. The number of unbranched alkanes of at least 4 members (excludes halogenated alkanes) is 14. The van der Waals surface area contributed by atoms with Crippen LogP contribution in [0, 0.1) is 0 Å². The molecule has 4 aromatic rings. The van der Waals surface area contributed by atoms with Crippen LogP contribution in [0.2, 0.25) is 0 Å². The van der Waals surface area contributed by atoms with Crippen molar-refractivity contribution in [1.29, 1.82) is 0 Å². The van der Waals surface area contributed by atoms with Crippen molar-refractivity contribution in [3.8, 4) is 0 Å². The van der Waals surface area contributed by atoms with Crippen molar-refractivity contribution in [3.05, 3.63) is 144 Å². The third-order valence-electron chi connectivity index (χ3n) is 9.72. The van der Waals surface area contributed by atoms with Gasteiger partial charge in [0.2, 0.25) is 0 Å². The minimum absolute atomic E-state index is 0.179. The van der Waals surface area contributed by atoms with E-state index in [2.05, 4.69) is 43.3 Å². The molecule has 0 amide bonds. The fourth-order valence-electron chi connectivity index (χ4n) is 6.87. The number of hydrogen-bond acceptors (Lipinski definition) is 4. The Morgan fingerprint density at radius 2 is 0.902 bits per heavy atom. The van der Waals surface area contributed by atoms with E-state index in [0.717, 1.165) is 35.1 Å². The quantitative estimate of drug-likeness (QED) is 0.0355. The second-order valence-electron chi connectivity index (χ2n) is 13.9. The van der Waals surface area contributed by atoms with Crippen molar-refractivity contribution in [2.24, 2.45) is 0 Å². The zero-order chi connectivity index (χ0) is 35.7. The van der Waals surface area contributed by atoms with Gasteiger partial charge >= 0.3 is 5.97 Å². The number of rotatable bonds is 27. The highest BCUT2D eigenvalue weighted by Crippen LogP contribution is 2.40. The third-order valence-corrected chi connectivity index (χ3v) is 9.72. The molecule has 0 unspecified atom stereocenters. The molecular formula is C47H62O4. The number of hydrogen-bond donors (Lipinski definition) is 0. The molecular weight excluding hydrogens is 629 g/mol. The Hall–Kier alpha value is -3.73. The van der Waals surface area contributed by atoms with E-state index in [4.69, 9.17) is 14.2 Å². The van der Waals surface area contributed by atoms with Gasteiger partial charge < -0.3 is 14.2 Å².